The number of H-pyrrole nitrogens is 1. The number of aromatic nitrogens is 1. The van der Waals surface area contributed by atoms with E-state index < -0.39 is 0 Å². The average Bonchev–Trinajstić information content (AvgIpc) is 3.31. The largest absolute Gasteiger partial charge is 0.496 e. The quantitative estimate of drug-likeness (QED) is 0.342. The first-order valence-corrected chi connectivity index (χ1v) is 11.0. The summed E-state index contributed by atoms with van der Waals surface area (Å²) in [6.45, 7) is 0.375. The van der Waals surface area contributed by atoms with E-state index in [4.69, 9.17) is 14.2 Å². The zero-order chi connectivity index (χ0) is 23.9. The van der Waals surface area contributed by atoms with E-state index in [1.54, 1.807) is 27.4 Å². The number of carbonyl (C=O) groups excluding carboxylic acids is 1. The van der Waals surface area contributed by atoms with Crippen molar-refractivity contribution < 1.29 is 19.0 Å². The molecule has 1 heterocycles. The Labute approximate surface area is 199 Å². The van der Waals surface area contributed by atoms with Gasteiger partial charge in [0.15, 0.2) is 11.5 Å². The van der Waals surface area contributed by atoms with E-state index in [2.05, 4.69) is 16.4 Å². The second-order valence-corrected chi connectivity index (χ2v) is 7.75. The van der Waals surface area contributed by atoms with Crippen molar-refractivity contribution in [1.29, 1.82) is 0 Å². The number of fused-ring (bicyclic) bond motifs is 1. The lowest BCUT2D eigenvalue weighted by Gasteiger charge is -2.21. The zero-order valence-electron chi connectivity index (χ0n) is 19.5. The fourth-order valence-corrected chi connectivity index (χ4v) is 4.19. The number of amides is 1. The maximum absolute atomic E-state index is 12.8. The molecule has 34 heavy (non-hydrogen) atoms. The van der Waals surface area contributed by atoms with Gasteiger partial charge in [-0.2, -0.15) is 0 Å². The molecule has 2 N–H and O–H groups in total. The first-order valence-electron chi connectivity index (χ1n) is 11.0. The number of methoxy groups -OCH3 is 3. The molecular formula is C28H28N2O4. The van der Waals surface area contributed by atoms with Gasteiger partial charge >= 0.3 is 0 Å². The summed E-state index contributed by atoms with van der Waals surface area (Å²) in [5.74, 6) is 1.65. The Morgan fingerprint density at radius 3 is 2.41 bits per heavy atom. The lowest BCUT2D eigenvalue weighted by molar-refractivity contribution is -0.116. The predicted molar refractivity (Wildman–Crippen MR) is 135 cm³/mol. The standard InChI is InChI=1S/C28H28N2O4/c1-32-25-13-7-4-9-19(25)15-16-27(31)30-18-23(21-11-8-14-26(33-2)28(21)34-3)22-17-29-24-12-6-5-10-20(22)24/h4-17,23,29H,18H2,1-3H3,(H,30,31)/b16-15+. The third-order valence-electron chi connectivity index (χ3n) is 5.84. The molecule has 0 bridgehead atoms. The number of aromatic amines is 1. The van der Waals surface area contributed by atoms with E-state index in [0.717, 1.165) is 27.6 Å². The van der Waals surface area contributed by atoms with E-state index >= 15 is 0 Å². The summed E-state index contributed by atoms with van der Waals surface area (Å²) in [5, 5.41) is 4.15. The van der Waals surface area contributed by atoms with Crippen molar-refractivity contribution in [3.05, 3.63) is 95.7 Å². The maximum atomic E-state index is 12.8. The first-order chi connectivity index (χ1) is 16.7. The Balaban J connectivity index is 1.65. The van der Waals surface area contributed by atoms with E-state index in [1.807, 2.05) is 66.9 Å². The van der Waals surface area contributed by atoms with Crippen LogP contribution in [-0.2, 0) is 4.79 Å². The zero-order valence-corrected chi connectivity index (χ0v) is 19.5. The van der Waals surface area contributed by atoms with Gasteiger partial charge in [0.25, 0.3) is 0 Å². The second kappa shape index (κ2) is 10.6. The van der Waals surface area contributed by atoms with Crippen molar-refractivity contribution in [2.45, 2.75) is 5.92 Å². The summed E-state index contributed by atoms with van der Waals surface area (Å²) < 4.78 is 16.6. The van der Waals surface area contributed by atoms with Crippen LogP contribution in [0.2, 0.25) is 0 Å². The second-order valence-electron chi connectivity index (χ2n) is 7.75. The van der Waals surface area contributed by atoms with Crippen molar-refractivity contribution in [3.8, 4) is 17.2 Å². The number of hydrogen-bond donors (Lipinski definition) is 2. The molecular weight excluding hydrogens is 428 g/mol. The van der Waals surface area contributed by atoms with Crippen LogP contribution in [0.15, 0.2) is 79.0 Å². The van der Waals surface area contributed by atoms with Crippen molar-refractivity contribution in [2.75, 3.05) is 27.9 Å². The molecule has 6 nitrogen and oxygen atoms in total. The fourth-order valence-electron chi connectivity index (χ4n) is 4.19. The van der Waals surface area contributed by atoms with E-state index in [9.17, 15) is 4.79 Å². The normalized spacial score (nSPS) is 12.0. The van der Waals surface area contributed by atoms with Crippen LogP contribution >= 0.6 is 0 Å². The minimum Gasteiger partial charge on any atom is -0.496 e. The van der Waals surface area contributed by atoms with Gasteiger partial charge in [0.1, 0.15) is 5.75 Å². The molecule has 0 spiro atoms. The van der Waals surface area contributed by atoms with E-state index in [-0.39, 0.29) is 11.8 Å². The fraction of sp³-hybridized carbons (Fsp3) is 0.179. The summed E-state index contributed by atoms with van der Waals surface area (Å²) in [6, 6.07) is 21.5. The van der Waals surface area contributed by atoms with Gasteiger partial charge in [-0.15, -0.1) is 0 Å². The topological polar surface area (TPSA) is 72.6 Å². The molecule has 0 saturated carbocycles. The van der Waals surface area contributed by atoms with Gasteiger partial charge in [-0.1, -0.05) is 48.5 Å². The summed E-state index contributed by atoms with van der Waals surface area (Å²) in [5.41, 5.74) is 3.87. The van der Waals surface area contributed by atoms with Crippen molar-refractivity contribution in [2.24, 2.45) is 0 Å². The Kier molecular flexibility index (Phi) is 7.18. The lowest BCUT2D eigenvalue weighted by Crippen LogP contribution is -2.27. The summed E-state index contributed by atoms with van der Waals surface area (Å²) >= 11 is 0. The summed E-state index contributed by atoms with van der Waals surface area (Å²) in [7, 11) is 4.86. The van der Waals surface area contributed by atoms with Crippen LogP contribution in [0.3, 0.4) is 0 Å². The lowest BCUT2D eigenvalue weighted by atomic mass is 9.89. The Morgan fingerprint density at radius 2 is 1.62 bits per heavy atom. The van der Waals surface area contributed by atoms with Crippen molar-refractivity contribution >= 4 is 22.9 Å². The number of ether oxygens (including phenoxy) is 3. The molecule has 0 fully saturated rings. The molecule has 4 rings (SSSR count). The summed E-state index contributed by atoms with van der Waals surface area (Å²) in [4.78, 5) is 16.1. The van der Waals surface area contributed by atoms with Crippen molar-refractivity contribution in [3.63, 3.8) is 0 Å². The number of benzene rings is 3. The monoisotopic (exact) mass is 456 g/mol. The molecule has 0 aliphatic carbocycles. The van der Waals surface area contributed by atoms with Crippen LogP contribution in [0.1, 0.15) is 22.6 Å². The minimum absolute atomic E-state index is 0.162. The molecule has 3 aromatic carbocycles. The van der Waals surface area contributed by atoms with Gasteiger partial charge in [0.05, 0.1) is 21.3 Å². The molecule has 0 aliphatic heterocycles. The molecule has 0 radical (unpaired) electrons. The highest BCUT2D eigenvalue weighted by molar-refractivity contribution is 5.92. The maximum Gasteiger partial charge on any atom is 0.244 e. The summed E-state index contributed by atoms with van der Waals surface area (Å²) in [6.07, 6.45) is 5.26. The van der Waals surface area contributed by atoms with E-state index in [1.165, 1.54) is 6.08 Å². The molecule has 1 amide bonds. The number of hydrogen-bond acceptors (Lipinski definition) is 4. The van der Waals surface area contributed by atoms with Gasteiger partial charge in [-0.3, -0.25) is 4.79 Å². The molecule has 0 aliphatic rings. The molecule has 1 aromatic heterocycles. The first kappa shape index (κ1) is 23.0. The van der Waals surface area contributed by atoms with Gasteiger partial charge < -0.3 is 24.5 Å². The number of rotatable bonds is 9. The smallest absolute Gasteiger partial charge is 0.244 e. The highest BCUT2D eigenvalue weighted by Crippen LogP contribution is 2.40. The Morgan fingerprint density at radius 1 is 0.882 bits per heavy atom. The highest BCUT2D eigenvalue weighted by atomic mass is 16.5. The number of carbonyl (C=O) groups is 1. The molecule has 1 atom stereocenters. The van der Waals surface area contributed by atoms with Gasteiger partial charge in [-0.25, -0.2) is 0 Å². The highest BCUT2D eigenvalue weighted by Gasteiger charge is 2.24. The van der Waals surface area contributed by atoms with Crippen LogP contribution in [0.4, 0.5) is 0 Å². The van der Waals surface area contributed by atoms with Crippen LogP contribution < -0.4 is 19.5 Å². The average molecular weight is 457 g/mol. The van der Waals surface area contributed by atoms with Gasteiger partial charge in [0, 0.05) is 46.8 Å². The Bertz CT molecular complexity index is 1310. The third kappa shape index (κ3) is 4.76. The van der Waals surface area contributed by atoms with Crippen LogP contribution in [0.5, 0.6) is 17.2 Å². The molecule has 0 saturated heterocycles. The van der Waals surface area contributed by atoms with Crippen molar-refractivity contribution in [1.82, 2.24) is 10.3 Å². The Hall–Kier alpha value is -4.19. The molecule has 1 unspecified atom stereocenters. The van der Waals surface area contributed by atoms with Crippen LogP contribution in [0.25, 0.3) is 17.0 Å². The van der Waals surface area contributed by atoms with Crippen LogP contribution in [-0.4, -0.2) is 38.8 Å². The third-order valence-corrected chi connectivity index (χ3v) is 5.84. The van der Waals surface area contributed by atoms with E-state index in [0.29, 0.717) is 23.8 Å². The van der Waals surface area contributed by atoms with Crippen LogP contribution in [0, 0.1) is 0 Å². The number of para-hydroxylation sites is 3. The molecule has 174 valence electrons. The van der Waals surface area contributed by atoms with Gasteiger partial charge in [-0.05, 0) is 29.8 Å². The molecule has 6 heteroatoms. The minimum atomic E-state index is -0.197. The SMILES string of the molecule is COc1ccccc1/C=C/C(=O)NCC(c1cccc(OC)c1OC)c1c[nH]c2ccccc12. The van der Waals surface area contributed by atoms with Gasteiger partial charge in [0.2, 0.25) is 5.91 Å². The number of nitrogens with one attached hydrogen (secondary N) is 2. The molecule has 4 aromatic rings. The predicted octanol–water partition coefficient (Wildman–Crippen LogP) is 5.16.